The second-order valence-electron chi connectivity index (χ2n) is 3.29. The van der Waals surface area contributed by atoms with Gasteiger partial charge in [0, 0.05) is 11.9 Å². The van der Waals surface area contributed by atoms with E-state index >= 15 is 0 Å². The molecule has 0 saturated carbocycles. The first-order valence-electron chi connectivity index (χ1n) is 4.19. The van der Waals surface area contributed by atoms with Gasteiger partial charge in [0.1, 0.15) is 6.10 Å². The molecule has 0 spiro atoms. The van der Waals surface area contributed by atoms with Crippen LogP contribution in [0.2, 0.25) is 0 Å². The topological polar surface area (TPSA) is 80.4 Å². The van der Waals surface area contributed by atoms with Crippen LogP contribution in [0.4, 0.5) is 5.69 Å². The third kappa shape index (κ3) is 3.09. The number of nitrogens with two attached hydrogens (primary N) is 1. The molecule has 15 heavy (non-hydrogen) atoms. The van der Waals surface area contributed by atoms with Crippen molar-refractivity contribution in [3.8, 4) is 0 Å². The van der Waals surface area contributed by atoms with Gasteiger partial charge in [0.25, 0.3) is 0 Å². The molecule has 0 aromatic heterocycles. The minimum Gasteiger partial charge on any atom is -0.399 e. The molecule has 3 N–H and O–H groups in total. The molecule has 0 unspecified atom stereocenters. The third-order valence-corrected chi connectivity index (χ3v) is 4.22. The third-order valence-electron chi connectivity index (χ3n) is 1.94. The summed E-state index contributed by atoms with van der Waals surface area (Å²) >= 11 is 5.61. The Hall–Kier alpha value is -0.780. The summed E-state index contributed by atoms with van der Waals surface area (Å²) in [4.78, 5) is 0. The smallest absolute Gasteiger partial charge is 0.167 e. The molecule has 0 fully saturated rings. The molecule has 6 heteroatoms. The minimum absolute atomic E-state index is 0.426. The standard InChI is InChI=1S/C9H12ClNO3S/c1-15(13,14)9(10)8(12)6-2-4-7(11)5-3-6/h2-5,8-9,12H,11H2,1H3/t8-,9-/m0/s1. The highest BCUT2D eigenvalue weighted by Gasteiger charge is 2.27. The van der Waals surface area contributed by atoms with Gasteiger partial charge in [-0.05, 0) is 17.7 Å². The zero-order valence-corrected chi connectivity index (χ0v) is 9.66. The number of alkyl halides is 1. The molecule has 1 aromatic carbocycles. The van der Waals surface area contributed by atoms with Gasteiger partial charge in [0.05, 0.1) is 0 Å². The number of rotatable bonds is 3. The Balaban J connectivity index is 2.95. The van der Waals surface area contributed by atoms with Crippen LogP contribution in [-0.4, -0.2) is 24.5 Å². The Morgan fingerprint density at radius 1 is 1.33 bits per heavy atom. The van der Waals surface area contributed by atoms with E-state index in [-0.39, 0.29) is 0 Å². The van der Waals surface area contributed by atoms with Crippen molar-refractivity contribution in [2.24, 2.45) is 0 Å². The Bertz CT molecular complexity index is 429. The first-order chi connectivity index (χ1) is 6.82. The summed E-state index contributed by atoms with van der Waals surface area (Å²) in [5, 5.41) is 9.66. The van der Waals surface area contributed by atoms with Crippen molar-refractivity contribution in [3.63, 3.8) is 0 Å². The predicted molar refractivity (Wildman–Crippen MR) is 60.3 cm³/mol. The van der Waals surface area contributed by atoms with Gasteiger partial charge < -0.3 is 10.8 Å². The van der Waals surface area contributed by atoms with Crippen molar-refractivity contribution < 1.29 is 13.5 Å². The van der Waals surface area contributed by atoms with Crippen molar-refractivity contribution in [3.05, 3.63) is 29.8 Å². The van der Waals surface area contributed by atoms with Crippen molar-refractivity contribution >= 4 is 27.1 Å². The summed E-state index contributed by atoms with van der Waals surface area (Å²) in [5.41, 5.74) is 6.42. The SMILES string of the molecule is CS(=O)(=O)[C@H](Cl)[C@@H](O)c1ccc(N)cc1. The van der Waals surface area contributed by atoms with Crippen LogP contribution in [-0.2, 0) is 9.84 Å². The van der Waals surface area contributed by atoms with E-state index < -0.39 is 20.7 Å². The predicted octanol–water partition coefficient (Wildman–Crippen LogP) is 0.912. The highest BCUT2D eigenvalue weighted by Crippen LogP contribution is 2.25. The molecule has 1 aromatic rings. The Morgan fingerprint density at radius 3 is 2.20 bits per heavy atom. The van der Waals surface area contributed by atoms with E-state index in [1.54, 1.807) is 24.3 Å². The van der Waals surface area contributed by atoms with Gasteiger partial charge >= 0.3 is 0 Å². The molecule has 0 bridgehead atoms. The first kappa shape index (κ1) is 12.3. The average Bonchev–Trinajstić information content (AvgIpc) is 2.15. The molecular formula is C9H12ClNO3S. The Kier molecular flexibility index (Phi) is 3.59. The fourth-order valence-electron chi connectivity index (χ4n) is 1.08. The van der Waals surface area contributed by atoms with Gasteiger partial charge in [0.2, 0.25) is 0 Å². The average molecular weight is 250 g/mol. The van der Waals surface area contributed by atoms with Crippen molar-refractivity contribution in [1.29, 1.82) is 0 Å². The summed E-state index contributed by atoms with van der Waals surface area (Å²) in [5.74, 6) is 0. The van der Waals surface area contributed by atoms with Crippen LogP contribution in [0.15, 0.2) is 24.3 Å². The molecule has 0 aliphatic carbocycles. The number of anilines is 1. The lowest BCUT2D eigenvalue weighted by Gasteiger charge is -2.15. The number of aliphatic hydroxyl groups excluding tert-OH is 1. The van der Waals surface area contributed by atoms with Gasteiger partial charge in [-0.15, -0.1) is 11.6 Å². The lowest BCUT2D eigenvalue weighted by molar-refractivity contribution is 0.192. The van der Waals surface area contributed by atoms with Crippen LogP contribution in [0, 0.1) is 0 Å². The molecule has 0 aliphatic heterocycles. The molecule has 0 radical (unpaired) electrons. The molecule has 1 rings (SSSR count). The van der Waals surface area contributed by atoms with Gasteiger partial charge in [0.15, 0.2) is 14.5 Å². The quantitative estimate of drug-likeness (QED) is 0.616. The molecular weight excluding hydrogens is 238 g/mol. The maximum atomic E-state index is 11.1. The monoisotopic (exact) mass is 249 g/mol. The van der Waals surface area contributed by atoms with Gasteiger partial charge in [-0.1, -0.05) is 12.1 Å². The van der Waals surface area contributed by atoms with Crippen LogP contribution in [0.1, 0.15) is 11.7 Å². The van der Waals surface area contributed by atoms with E-state index in [1.165, 1.54) is 0 Å². The van der Waals surface area contributed by atoms with E-state index in [1.807, 2.05) is 0 Å². The van der Waals surface area contributed by atoms with Crippen molar-refractivity contribution in [2.45, 2.75) is 10.8 Å². The van der Waals surface area contributed by atoms with Crippen LogP contribution in [0.3, 0.4) is 0 Å². The number of sulfone groups is 1. The van der Waals surface area contributed by atoms with Crippen LogP contribution >= 0.6 is 11.6 Å². The zero-order valence-electron chi connectivity index (χ0n) is 8.09. The van der Waals surface area contributed by atoms with Gasteiger partial charge in [-0.25, -0.2) is 8.42 Å². The summed E-state index contributed by atoms with van der Waals surface area (Å²) in [6, 6.07) is 6.23. The van der Waals surface area contributed by atoms with Crippen LogP contribution in [0.25, 0.3) is 0 Å². The maximum Gasteiger partial charge on any atom is 0.167 e. The molecule has 84 valence electrons. The largest absolute Gasteiger partial charge is 0.399 e. The van der Waals surface area contributed by atoms with Gasteiger partial charge in [-0.3, -0.25) is 0 Å². The van der Waals surface area contributed by atoms with E-state index in [9.17, 15) is 13.5 Å². The molecule has 2 atom stereocenters. The first-order valence-corrected chi connectivity index (χ1v) is 6.58. The molecule has 0 heterocycles. The number of halogens is 1. The lowest BCUT2D eigenvalue weighted by Crippen LogP contribution is -2.21. The summed E-state index contributed by atoms with van der Waals surface area (Å²) in [7, 11) is -3.48. The summed E-state index contributed by atoms with van der Waals surface area (Å²) in [6.45, 7) is 0. The number of aliphatic hydroxyl groups is 1. The van der Waals surface area contributed by atoms with Crippen LogP contribution in [0.5, 0.6) is 0 Å². The molecule has 4 nitrogen and oxygen atoms in total. The summed E-state index contributed by atoms with van der Waals surface area (Å²) < 4.78 is 20.8. The number of hydrogen-bond acceptors (Lipinski definition) is 4. The van der Waals surface area contributed by atoms with E-state index in [4.69, 9.17) is 17.3 Å². The normalized spacial score (nSPS) is 15.9. The minimum atomic E-state index is -3.48. The zero-order chi connectivity index (χ0) is 11.6. The lowest BCUT2D eigenvalue weighted by atomic mass is 10.1. The van der Waals surface area contributed by atoms with E-state index in [2.05, 4.69) is 0 Å². The van der Waals surface area contributed by atoms with E-state index in [0.717, 1.165) is 6.26 Å². The molecule has 0 saturated heterocycles. The Labute approximate surface area is 93.6 Å². The molecule has 0 aliphatic rings. The second kappa shape index (κ2) is 4.38. The van der Waals surface area contributed by atoms with Crippen molar-refractivity contribution in [1.82, 2.24) is 0 Å². The summed E-state index contributed by atoms with van der Waals surface area (Å²) in [6.07, 6.45) is -0.271. The second-order valence-corrected chi connectivity index (χ2v) is 6.19. The Morgan fingerprint density at radius 2 is 1.80 bits per heavy atom. The number of hydrogen-bond donors (Lipinski definition) is 2. The number of nitrogen functional groups attached to an aromatic ring is 1. The molecule has 0 amide bonds. The van der Waals surface area contributed by atoms with Gasteiger partial charge in [-0.2, -0.15) is 0 Å². The fourth-order valence-corrected chi connectivity index (χ4v) is 1.85. The van der Waals surface area contributed by atoms with Crippen LogP contribution < -0.4 is 5.73 Å². The highest BCUT2D eigenvalue weighted by atomic mass is 35.5. The van der Waals surface area contributed by atoms with E-state index in [0.29, 0.717) is 11.3 Å². The van der Waals surface area contributed by atoms with Crippen molar-refractivity contribution in [2.75, 3.05) is 12.0 Å². The maximum absolute atomic E-state index is 11.1. The fraction of sp³-hybridized carbons (Fsp3) is 0.333. The highest BCUT2D eigenvalue weighted by molar-refractivity contribution is 7.92. The number of benzene rings is 1.